The van der Waals surface area contributed by atoms with Gasteiger partial charge in [0.1, 0.15) is 6.26 Å². The van der Waals surface area contributed by atoms with E-state index in [1.165, 1.54) is 11.4 Å². The summed E-state index contributed by atoms with van der Waals surface area (Å²) in [6, 6.07) is 3.51. The van der Waals surface area contributed by atoms with E-state index >= 15 is 0 Å². The van der Waals surface area contributed by atoms with Gasteiger partial charge in [-0.3, -0.25) is 0 Å². The smallest absolute Gasteiger partial charge is 0.211 e. The highest BCUT2D eigenvalue weighted by Crippen LogP contribution is 2.52. The molecule has 1 radical (unpaired) electrons. The molecule has 8 heteroatoms. The van der Waals surface area contributed by atoms with Gasteiger partial charge in [-0.05, 0) is 42.4 Å². The summed E-state index contributed by atoms with van der Waals surface area (Å²) < 4.78 is 36.8. The van der Waals surface area contributed by atoms with Gasteiger partial charge >= 0.3 is 0 Å². The molecule has 0 amide bonds. The SMILES string of the molecule is [CH2]C(O)C1CC1c1ccc(Cl)c(CN(C)S(C)(=O)=O)c1[S+](C)[O-]. The molecule has 0 bridgehead atoms. The maximum atomic E-state index is 12.3. The fourth-order valence-corrected chi connectivity index (χ4v) is 4.45. The highest BCUT2D eigenvalue weighted by Gasteiger charge is 2.44. The minimum Gasteiger partial charge on any atom is -0.612 e. The van der Waals surface area contributed by atoms with Gasteiger partial charge in [0.05, 0.1) is 17.4 Å². The highest BCUT2D eigenvalue weighted by molar-refractivity contribution is 7.90. The van der Waals surface area contributed by atoms with Crippen LogP contribution in [0, 0.1) is 12.8 Å². The standard InChI is InChI=1S/C15H21ClNO4S2/c1-9(18)11-7-12(11)10-5-6-14(16)13(15(10)22(3)19)8-17(2)23(4,20)21/h5-6,9,11-12,18H,1,7-8H2,2-4H3. The van der Waals surface area contributed by atoms with E-state index in [4.69, 9.17) is 11.6 Å². The molecule has 0 spiro atoms. The summed E-state index contributed by atoms with van der Waals surface area (Å²) in [5.41, 5.74) is 1.42. The molecule has 1 aliphatic rings. The van der Waals surface area contributed by atoms with Crippen molar-refractivity contribution in [2.24, 2.45) is 5.92 Å². The second kappa shape index (κ2) is 6.90. The third-order valence-electron chi connectivity index (χ3n) is 4.20. The third-order valence-corrected chi connectivity index (χ3v) is 6.87. The Morgan fingerprint density at radius 3 is 2.61 bits per heavy atom. The molecule has 1 aromatic rings. The van der Waals surface area contributed by atoms with Gasteiger partial charge in [-0.15, -0.1) is 0 Å². The highest BCUT2D eigenvalue weighted by atomic mass is 35.5. The quantitative estimate of drug-likeness (QED) is 0.765. The predicted molar refractivity (Wildman–Crippen MR) is 92.3 cm³/mol. The first-order chi connectivity index (χ1) is 10.5. The molecule has 1 saturated carbocycles. The van der Waals surface area contributed by atoms with E-state index in [1.54, 1.807) is 12.3 Å². The van der Waals surface area contributed by atoms with Gasteiger partial charge < -0.3 is 9.66 Å². The maximum Gasteiger partial charge on any atom is 0.211 e. The van der Waals surface area contributed by atoms with Crippen LogP contribution in [0.15, 0.2) is 17.0 Å². The molecule has 0 saturated heterocycles. The van der Waals surface area contributed by atoms with E-state index in [1.807, 2.05) is 6.07 Å². The van der Waals surface area contributed by atoms with Crippen molar-refractivity contribution in [3.05, 3.63) is 35.2 Å². The van der Waals surface area contributed by atoms with Gasteiger partial charge in [0.15, 0.2) is 4.90 Å². The minimum atomic E-state index is -3.38. The summed E-state index contributed by atoms with van der Waals surface area (Å²) >= 11 is 4.92. The first-order valence-corrected chi connectivity index (χ1v) is 10.9. The Balaban J connectivity index is 2.45. The summed E-state index contributed by atoms with van der Waals surface area (Å²) in [4.78, 5) is 0.571. The lowest BCUT2D eigenvalue weighted by molar-refractivity contribution is 0.194. The zero-order chi connectivity index (χ0) is 17.5. The second-order valence-electron chi connectivity index (χ2n) is 5.99. The van der Waals surface area contributed by atoms with Crippen LogP contribution >= 0.6 is 11.6 Å². The lowest BCUT2D eigenvalue weighted by Crippen LogP contribution is -2.26. The number of rotatable bonds is 6. The van der Waals surface area contributed by atoms with E-state index in [2.05, 4.69) is 6.92 Å². The molecule has 1 N–H and O–H groups in total. The van der Waals surface area contributed by atoms with Crippen LogP contribution in [-0.4, -0.2) is 48.0 Å². The average molecular weight is 379 g/mol. The minimum absolute atomic E-state index is 0.0407. The van der Waals surface area contributed by atoms with Gasteiger partial charge in [0.2, 0.25) is 10.0 Å². The monoisotopic (exact) mass is 378 g/mol. The average Bonchev–Trinajstić information content (AvgIpc) is 3.19. The van der Waals surface area contributed by atoms with Crippen molar-refractivity contribution in [2.75, 3.05) is 19.6 Å². The molecule has 4 atom stereocenters. The van der Waals surface area contributed by atoms with Crippen LogP contribution in [0.1, 0.15) is 23.5 Å². The molecular weight excluding hydrogens is 358 g/mol. The normalized spacial score (nSPS) is 23.8. The van der Waals surface area contributed by atoms with E-state index in [0.717, 1.165) is 18.2 Å². The van der Waals surface area contributed by atoms with Gasteiger partial charge in [0.25, 0.3) is 0 Å². The van der Waals surface area contributed by atoms with E-state index in [9.17, 15) is 18.1 Å². The van der Waals surface area contributed by atoms with Crippen molar-refractivity contribution < 1.29 is 18.1 Å². The lowest BCUT2D eigenvalue weighted by atomic mass is 10.0. The van der Waals surface area contributed by atoms with Gasteiger partial charge in [-0.2, -0.15) is 0 Å². The van der Waals surface area contributed by atoms with Crippen molar-refractivity contribution in [2.45, 2.75) is 29.9 Å². The maximum absolute atomic E-state index is 12.3. The van der Waals surface area contributed by atoms with Crippen LogP contribution in [-0.2, 0) is 27.7 Å². The Hall–Kier alpha value is -0.310. The first-order valence-electron chi connectivity index (χ1n) is 7.11. The van der Waals surface area contributed by atoms with Gasteiger partial charge in [-0.25, -0.2) is 12.7 Å². The number of aliphatic hydroxyl groups is 1. The first kappa shape index (κ1) is 19.0. The Labute approximate surface area is 145 Å². The topological polar surface area (TPSA) is 80.7 Å². The van der Waals surface area contributed by atoms with Crippen LogP contribution in [0.5, 0.6) is 0 Å². The fraction of sp³-hybridized carbons (Fsp3) is 0.533. The summed E-state index contributed by atoms with van der Waals surface area (Å²) in [7, 11) is -1.92. The molecule has 129 valence electrons. The van der Waals surface area contributed by atoms with E-state index < -0.39 is 27.3 Å². The molecule has 0 aliphatic heterocycles. The van der Waals surface area contributed by atoms with Crippen LogP contribution in [0.4, 0.5) is 0 Å². The molecule has 2 rings (SSSR count). The number of benzene rings is 1. The van der Waals surface area contributed by atoms with Gasteiger partial charge in [0, 0.05) is 24.7 Å². The summed E-state index contributed by atoms with van der Waals surface area (Å²) in [6.07, 6.45) is 2.77. The van der Waals surface area contributed by atoms with Crippen molar-refractivity contribution in [1.29, 1.82) is 0 Å². The Morgan fingerprint density at radius 2 is 2.17 bits per heavy atom. The summed E-state index contributed by atoms with van der Waals surface area (Å²) in [6.45, 7) is 3.70. The van der Waals surface area contributed by atoms with Crippen molar-refractivity contribution in [1.82, 2.24) is 4.31 Å². The van der Waals surface area contributed by atoms with Crippen LogP contribution in [0.3, 0.4) is 0 Å². The molecule has 4 unspecified atom stereocenters. The molecule has 5 nitrogen and oxygen atoms in total. The third kappa shape index (κ3) is 4.21. The molecule has 0 aromatic heterocycles. The number of halogens is 1. The fourth-order valence-electron chi connectivity index (χ4n) is 2.74. The Morgan fingerprint density at radius 1 is 1.57 bits per heavy atom. The predicted octanol–water partition coefficient (Wildman–Crippen LogP) is 1.77. The van der Waals surface area contributed by atoms with Gasteiger partial charge in [-0.1, -0.05) is 17.7 Å². The van der Waals surface area contributed by atoms with Crippen molar-refractivity contribution >= 4 is 32.8 Å². The van der Waals surface area contributed by atoms with Crippen LogP contribution in [0.25, 0.3) is 0 Å². The van der Waals surface area contributed by atoms with Crippen LogP contribution < -0.4 is 0 Å². The Bertz CT molecular complexity index is 691. The molecule has 23 heavy (non-hydrogen) atoms. The number of hydrogen-bond donors (Lipinski definition) is 1. The lowest BCUT2D eigenvalue weighted by Gasteiger charge is -2.20. The number of hydrogen-bond acceptors (Lipinski definition) is 4. The number of nitrogens with zero attached hydrogens (tertiary/aromatic N) is 1. The summed E-state index contributed by atoms with van der Waals surface area (Å²) in [5.74, 6) is 0.125. The molecule has 1 aliphatic carbocycles. The Kier molecular flexibility index (Phi) is 5.70. The van der Waals surface area contributed by atoms with Crippen molar-refractivity contribution in [3.8, 4) is 0 Å². The second-order valence-corrected chi connectivity index (χ2v) is 9.80. The summed E-state index contributed by atoms with van der Waals surface area (Å²) in [5, 5.41) is 10.0. The molecule has 0 heterocycles. The van der Waals surface area contributed by atoms with E-state index in [-0.39, 0.29) is 18.4 Å². The van der Waals surface area contributed by atoms with Crippen LogP contribution in [0.2, 0.25) is 5.02 Å². The zero-order valence-corrected chi connectivity index (χ0v) is 15.7. The zero-order valence-electron chi connectivity index (χ0n) is 13.3. The largest absolute Gasteiger partial charge is 0.612 e. The number of sulfonamides is 1. The molecule has 1 aromatic carbocycles. The van der Waals surface area contributed by atoms with E-state index in [0.29, 0.717) is 15.5 Å². The molecular formula is C15H21ClNO4S2. The van der Waals surface area contributed by atoms with Crippen molar-refractivity contribution in [3.63, 3.8) is 0 Å². The number of aliphatic hydroxyl groups excluding tert-OH is 1. The molecule has 1 fully saturated rings.